The van der Waals surface area contributed by atoms with Crippen molar-refractivity contribution in [2.45, 2.75) is 64.9 Å². The normalized spacial score (nSPS) is 17.2. The number of methoxy groups -OCH3 is 1. The van der Waals surface area contributed by atoms with Gasteiger partial charge in [0.1, 0.15) is 11.3 Å². The van der Waals surface area contributed by atoms with Gasteiger partial charge in [0.25, 0.3) is 0 Å². The summed E-state index contributed by atoms with van der Waals surface area (Å²) in [6, 6.07) is 16.9. The molecule has 1 aliphatic rings. The van der Waals surface area contributed by atoms with Crippen LogP contribution in [0.25, 0.3) is 22.5 Å². The third-order valence-electron chi connectivity index (χ3n) is 7.21. The van der Waals surface area contributed by atoms with Gasteiger partial charge in [-0.1, -0.05) is 72.5 Å². The fraction of sp³-hybridized carbons (Fsp3) is 0.433. The van der Waals surface area contributed by atoms with Crippen molar-refractivity contribution in [2.24, 2.45) is 0 Å². The van der Waals surface area contributed by atoms with Crippen LogP contribution in [-0.4, -0.2) is 41.2 Å². The van der Waals surface area contributed by atoms with E-state index in [9.17, 15) is 4.79 Å². The van der Waals surface area contributed by atoms with E-state index in [0.29, 0.717) is 0 Å². The van der Waals surface area contributed by atoms with E-state index in [2.05, 4.69) is 74.2 Å². The van der Waals surface area contributed by atoms with Gasteiger partial charge in [-0.25, -0.2) is 9.97 Å². The van der Waals surface area contributed by atoms with Gasteiger partial charge < -0.3 is 14.7 Å². The Morgan fingerprint density at radius 1 is 0.917 bits per heavy atom. The molecule has 1 aliphatic heterocycles. The molecular formula is C30H37N3O3. The van der Waals surface area contributed by atoms with Gasteiger partial charge in [0.05, 0.1) is 11.4 Å². The maximum absolute atomic E-state index is 10.8. The number of benzene rings is 2. The van der Waals surface area contributed by atoms with E-state index in [1.165, 1.54) is 11.1 Å². The van der Waals surface area contributed by atoms with Gasteiger partial charge in [0.2, 0.25) is 0 Å². The minimum absolute atomic E-state index is 0.242. The molecule has 4 rings (SSSR count). The largest absolute Gasteiger partial charge is 0.481 e. The first kappa shape index (κ1) is 25.8. The molecular weight excluding hydrogens is 450 g/mol. The third kappa shape index (κ3) is 5.76. The number of hydrogen-bond donors (Lipinski definition) is 1. The van der Waals surface area contributed by atoms with Crippen molar-refractivity contribution < 1.29 is 14.6 Å². The molecule has 3 aromatic rings. The number of aromatic nitrogens is 2. The Hall–Kier alpha value is -3.25. The van der Waals surface area contributed by atoms with Crippen molar-refractivity contribution in [3.8, 4) is 22.5 Å². The van der Waals surface area contributed by atoms with Gasteiger partial charge in [0.15, 0.2) is 5.82 Å². The highest BCUT2D eigenvalue weighted by Crippen LogP contribution is 2.42. The van der Waals surface area contributed by atoms with Crippen LogP contribution in [0.2, 0.25) is 0 Å². The van der Waals surface area contributed by atoms with Crippen LogP contribution in [0.5, 0.6) is 0 Å². The number of ether oxygens (including phenoxy) is 1. The van der Waals surface area contributed by atoms with Crippen LogP contribution in [0.15, 0.2) is 48.5 Å². The second-order valence-corrected chi connectivity index (χ2v) is 10.1. The number of carboxylic acids is 1. The highest BCUT2D eigenvalue weighted by Gasteiger charge is 2.39. The third-order valence-corrected chi connectivity index (χ3v) is 7.21. The van der Waals surface area contributed by atoms with E-state index < -0.39 is 11.6 Å². The molecule has 36 heavy (non-hydrogen) atoms. The number of anilines is 1. The first-order valence-corrected chi connectivity index (χ1v) is 12.9. The molecule has 0 amide bonds. The van der Waals surface area contributed by atoms with Crippen LogP contribution in [0.1, 0.15) is 62.3 Å². The fourth-order valence-electron chi connectivity index (χ4n) is 4.75. The summed E-state index contributed by atoms with van der Waals surface area (Å²) in [5.74, 6) is 0.171. The number of nitrogens with zero attached hydrogens (tertiary/aromatic N) is 3. The molecule has 1 aromatic heterocycles. The Bertz CT molecular complexity index is 1190. The summed E-state index contributed by atoms with van der Waals surface area (Å²) in [6.45, 7) is 7.99. The van der Waals surface area contributed by atoms with Crippen LogP contribution in [0, 0.1) is 13.8 Å². The van der Waals surface area contributed by atoms with Crippen LogP contribution >= 0.6 is 0 Å². The lowest BCUT2D eigenvalue weighted by Gasteiger charge is -2.40. The van der Waals surface area contributed by atoms with Gasteiger partial charge in [-0.3, -0.25) is 4.79 Å². The molecule has 190 valence electrons. The van der Waals surface area contributed by atoms with Crippen molar-refractivity contribution in [3.63, 3.8) is 0 Å². The maximum atomic E-state index is 10.8. The Morgan fingerprint density at radius 2 is 1.47 bits per heavy atom. The Morgan fingerprint density at radius 3 is 2.03 bits per heavy atom. The molecule has 0 saturated carbocycles. The molecule has 0 spiro atoms. The van der Waals surface area contributed by atoms with Gasteiger partial charge in [-0.2, -0.15) is 0 Å². The number of rotatable bonds is 10. The van der Waals surface area contributed by atoms with Gasteiger partial charge in [0, 0.05) is 37.7 Å². The summed E-state index contributed by atoms with van der Waals surface area (Å²) in [4.78, 5) is 23.7. The van der Waals surface area contributed by atoms with Gasteiger partial charge in [-0.05, 0) is 40.0 Å². The first-order valence-electron chi connectivity index (χ1n) is 12.9. The summed E-state index contributed by atoms with van der Waals surface area (Å²) in [6.07, 6.45) is 4.72. The average molecular weight is 488 g/mol. The predicted octanol–water partition coefficient (Wildman–Crippen LogP) is 6.53. The number of carbonyl (C=O) groups is 1. The van der Waals surface area contributed by atoms with Crippen molar-refractivity contribution in [3.05, 3.63) is 65.4 Å². The minimum Gasteiger partial charge on any atom is -0.481 e. The van der Waals surface area contributed by atoms with E-state index >= 15 is 0 Å². The monoisotopic (exact) mass is 487 g/mol. The average Bonchev–Trinajstić information content (AvgIpc) is 2.87. The Kier molecular flexibility index (Phi) is 8.04. The number of hydrogen-bond acceptors (Lipinski definition) is 5. The summed E-state index contributed by atoms with van der Waals surface area (Å²) in [7, 11) is 1.75. The number of aliphatic carboxylic acids is 1. The number of carboxylic acid groups (broad SMARTS) is 1. The van der Waals surface area contributed by atoms with E-state index in [4.69, 9.17) is 19.8 Å². The summed E-state index contributed by atoms with van der Waals surface area (Å²) < 4.78 is 6.02. The molecule has 0 bridgehead atoms. The molecule has 0 aliphatic carbocycles. The van der Waals surface area contributed by atoms with Crippen molar-refractivity contribution in [1.82, 2.24) is 9.97 Å². The van der Waals surface area contributed by atoms with Crippen molar-refractivity contribution >= 4 is 11.8 Å². The zero-order chi connectivity index (χ0) is 25.7. The van der Waals surface area contributed by atoms with Crippen LogP contribution in [0.4, 0.5) is 5.82 Å². The zero-order valence-corrected chi connectivity index (χ0v) is 21.9. The van der Waals surface area contributed by atoms with E-state index in [0.717, 1.165) is 79.2 Å². The topological polar surface area (TPSA) is 75.5 Å². The summed E-state index contributed by atoms with van der Waals surface area (Å²) in [5, 5.41) is 8.87. The highest BCUT2D eigenvalue weighted by molar-refractivity contribution is 5.80. The van der Waals surface area contributed by atoms with Crippen molar-refractivity contribution in [2.75, 3.05) is 25.1 Å². The molecule has 6 heteroatoms. The lowest BCUT2D eigenvalue weighted by Crippen LogP contribution is -2.42. The maximum Gasteiger partial charge on any atom is 0.303 e. The fourth-order valence-corrected chi connectivity index (χ4v) is 4.75. The number of unbranched alkanes of at least 4 members (excludes halogenated alkanes) is 3. The van der Waals surface area contributed by atoms with Gasteiger partial charge >= 0.3 is 5.97 Å². The second-order valence-electron chi connectivity index (χ2n) is 10.1. The molecule has 0 unspecified atom stereocenters. The van der Waals surface area contributed by atoms with E-state index in [-0.39, 0.29) is 6.42 Å². The lowest BCUT2D eigenvalue weighted by molar-refractivity contribution is -0.137. The van der Waals surface area contributed by atoms with Crippen LogP contribution < -0.4 is 4.90 Å². The molecule has 2 aromatic carbocycles. The number of aryl methyl sites for hydroxylation is 2. The zero-order valence-electron chi connectivity index (χ0n) is 21.9. The lowest BCUT2D eigenvalue weighted by atomic mass is 9.91. The molecule has 0 saturated heterocycles. The minimum atomic E-state index is -0.720. The number of fused-ring (bicyclic) bond motifs is 1. The molecule has 1 atom stereocenters. The van der Waals surface area contributed by atoms with Crippen LogP contribution in [-0.2, 0) is 15.1 Å². The second kappa shape index (κ2) is 11.2. The van der Waals surface area contributed by atoms with Crippen LogP contribution in [0.3, 0.4) is 0 Å². The molecule has 6 nitrogen and oxygen atoms in total. The molecule has 2 heterocycles. The van der Waals surface area contributed by atoms with Gasteiger partial charge in [-0.15, -0.1) is 0 Å². The Balaban J connectivity index is 1.73. The summed E-state index contributed by atoms with van der Waals surface area (Å²) in [5.41, 5.74) is 6.63. The summed E-state index contributed by atoms with van der Waals surface area (Å²) >= 11 is 0. The van der Waals surface area contributed by atoms with E-state index in [1.54, 1.807) is 7.11 Å². The SMILES string of the molecule is CO[C@]1(C)CCN(CCCCCCC(=O)O)c2nc(-c3ccc(C)cc3)c(-c3ccc(C)cc3)nc21. The predicted molar refractivity (Wildman–Crippen MR) is 144 cm³/mol. The Labute approximate surface area is 214 Å². The standard InChI is InChI=1S/C30H37N3O3/c1-21-10-14-23(15-11-21)26-27(24-16-12-22(2)13-17-24)32-29-28(31-26)30(3,36-4)18-20-33(29)19-8-6-5-7-9-25(34)35/h10-17H,5-9,18-20H2,1-4H3,(H,34,35)/t30-/m1/s1. The molecule has 0 fully saturated rings. The molecule has 1 N–H and O–H groups in total. The quantitative estimate of drug-likeness (QED) is 0.328. The smallest absolute Gasteiger partial charge is 0.303 e. The molecule has 0 radical (unpaired) electrons. The first-order chi connectivity index (χ1) is 17.3. The van der Waals surface area contributed by atoms with Crippen molar-refractivity contribution in [1.29, 1.82) is 0 Å². The highest BCUT2D eigenvalue weighted by atomic mass is 16.5. The van der Waals surface area contributed by atoms with E-state index in [1.807, 2.05) is 0 Å².